The predicted molar refractivity (Wildman–Crippen MR) is 76.5 cm³/mol. The van der Waals surface area contributed by atoms with Gasteiger partial charge >= 0.3 is 5.97 Å². The lowest BCUT2D eigenvalue weighted by Gasteiger charge is -2.34. The van der Waals surface area contributed by atoms with Crippen LogP contribution in [0, 0.1) is 5.82 Å². The maximum Gasteiger partial charge on any atom is 0.337 e. The summed E-state index contributed by atoms with van der Waals surface area (Å²) >= 11 is 0. The third-order valence-corrected chi connectivity index (χ3v) is 5.20. The van der Waals surface area contributed by atoms with Crippen LogP contribution in [-0.2, 0) is 19.5 Å². The molecule has 1 aromatic rings. The first-order valence-corrected chi connectivity index (χ1v) is 8.23. The zero-order valence-corrected chi connectivity index (χ0v) is 13.4. The summed E-state index contributed by atoms with van der Waals surface area (Å²) in [6.07, 6.45) is -0.573. The third kappa shape index (κ3) is 3.29. The van der Waals surface area contributed by atoms with Gasteiger partial charge in [-0.1, -0.05) is 0 Å². The Morgan fingerprint density at radius 1 is 1.32 bits per heavy atom. The summed E-state index contributed by atoms with van der Waals surface area (Å²) in [5.74, 6) is -1.63. The molecule has 1 heterocycles. The quantitative estimate of drug-likeness (QED) is 0.783. The van der Waals surface area contributed by atoms with Crippen molar-refractivity contribution in [1.82, 2.24) is 4.31 Å². The van der Waals surface area contributed by atoms with E-state index in [-0.39, 0.29) is 30.9 Å². The van der Waals surface area contributed by atoms with Crippen LogP contribution >= 0.6 is 0 Å². The minimum absolute atomic E-state index is 0.0168. The number of benzene rings is 1. The lowest BCUT2D eigenvalue weighted by Crippen LogP contribution is -2.48. The van der Waals surface area contributed by atoms with E-state index in [1.165, 1.54) is 17.5 Å². The van der Waals surface area contributed by atoms with Crippen molar-refractivity contribution in [1.29, 1.82) is 0 Å². The molecule has 0 spiro atoms. The number of hydrogen-bond acceptors (Lipinski definition) is 5. The van der Waals surface area contributed by atoms with Gasteiger partial charge in [-0.25, -0.2) is 17.6 Å². The zero-order chi connectivity index (χ0) is 16.5. The summed E-state index contributed by atoms with van der Waals surface area (Å²) in [6.45, 7) is 3.77. The Bertz CT molecular complexity index is 666. The molecule has 0 unspecified atom stereocenters. The van der Waals surface area contributed by atoms with E-state index in [4.69, 9.17) is 4.74 Å². The maximum absolute atomic E-state index is 14.0. The van der Waals surface area contributed by atoms with Crippen molar-refractivity contribution >= 4 is 16.0 Å². The van der Waals surface area contributed by atoms with Crippen molar-refractivity contribution in [3.8, 4) is 0 Å². The van der Waals surface area contributed by atoms with Crippen LogP contribution in [0.25, 0.3) is 0 Å². The van der Waals surface area contributed by atoms with Crippen LogP contribution in [0.3, 0.4) is 0 Å². The molecule has 8 heteroatoms. The molecule has 122 valence electrons. The van der Waals surface area contributed by atoms with Gasteiger partial charge in [0.2, 0.25) is 10.0 Å². The molecule has 0 saturated carbocycles. The number of esters is 1. The van der Waals surface area contributed by atoms with Crippen molar-refractivity contribution in [3.05, 3.63) is 29.6 Å². The number of rotatable bonds is 3. The Labute approximate surface area is 128 Å². The summed E-state index contributed by atoms with van der Waals surface area (Å²) in [5.41, 5.74) is -0.0168. The van der Waals surface area contributed by atoms with Crippen LogP contribution in [0.15, 0.2) is 23.1 Å². The summed E-state index contributed by atoms with van der Waals surface area (Å²) in [6, 6.07) is 3.14. The number of methoxy groups -OCH3 is 1. The zero-order valence-electron chi connectivity index (χ0n) is 12.6. The second-order valence-electron chi connectivity index (χ2n) is 5.22. The van der Waals surface area contributed by atoms with Gasteiger partial charge in [0.05, 0.1) is 24.9 Å². The molecule has 1 aliphatic heterocycles. The van der Waals surface area contributed by atoms with Crippen LogP contribution in [-0.4, -0.2) is 51.1 Å². The number of morpholine rings is 1. The SMILES string of the molecule is COC(=O)c1ccc(F)c(S(=O)(=O)N2C[C@H](C)O[C@@H](C)C2)c1. The monoisotopic (exact) mass is 331 g/mol. The number of ether oxygens (including phenoxy) is 2. The van der Waals surface area contributed by atoms with E-state index in [9.17, 15) is 17.6 Å². The number of hydrogen-bond donors (Lipinski definition) is 0. The Hall–Kier alpha value is -1.51. The van der Waals surface area contributed by atoms with Gasteiger partial charge < -0.3 is 9.47 Å². The van der Waals surface area contributed by atoms with Crippen molar-refractivity contribution in [2.45, 2.75) is 31.0 Å². The molecular formula is C14H18FNO5S. The van der Waals surface area contributed by atoms with Crippen LogP contribution in [0.5, 0.6) is 0 Å². The molecule has 22 heavy (non-hydrogen) atoms. The van der Waals surface area contributed by atoms with E-state index >= 15 is 0 Å². The molecule has 1 aliphatic rings. The topological polar surface area (TPSA) is 72.9 Å². The van der Waals surface area contributed by atoms with Crippen LogP contribution in [0.2, 0.25) is 0 Å². The van der Waals surface area contributed by atoms with Crippen molar-refractivity contribution in [2.75, 3.05) is 20.2 Å². The predicted octanol–water partition coefficient (Wildman–Crippen LogP) is 1.41. The number of carbonyl (C=O) groups is 1. The fourth-order valence-corrected chi connectivity index (χ4v) is 4.09. The van der Waals surface area contributed by atoms with Crippen molar-refractivity contribution < 1.29 is 27.1 Å². The van der Waals surface area contributed by atoms with Crippen molar-refractivity contribution in [2.24, 2.45) is 0 Å². The first kappa shape index (κ1) is 16.9. The highest BCUT2D eigenvalue weighted by molar-refractivity contribution is 7.89. The molecule has 0 aromatic heterocycles. The van der Waals surface area contributed by atoms with Crippen LogP contribution in [0.1, 0.15) is 24.2 Å². The highest BCUT2D eigenvalue weighted by Crippen LogP contribution is 2.24. The molecule has 1 saturated heterocycles. The largest absolute Gasteiger partial charge is 0.465 e. The number of sulfonamides is 1. The molecule has 0 radical (unpaired) electrons. The molecule has 0 N–H and O–H groups in total. The van der Waals surface area contributed by atoms with E-state index in [1.54, 1.807) is 13.8 Å². The van der Waals surface area contributed by atoms with Gasteiger partial charge in [0.15, 0.2) is 0 Å². The molecule has 2 rings (SSSR count). The Balaban J connectivity index is 2.42. The molecule has 0 amide bonds. The van der Waals surface area contributed by atoms with Gasteiger partial charge in [0.1, 0.15) is 10.7 Å². The van der Waals surface area contributed by atoms with Gasteiger partial charge in [-0.2, -0.15) is 4.31 Å². The Kier molecular flexibility index (Phi) is 4.84. The fraction of sp³-hybridized carbons (Fsp3) is 0.500. The Morgan fingerprint density at radius 3 is 2.45 bits per heavy atom. The van der Waals surface area contributed by atoms with Gasteiger partial charge in [0.25, 0.3) is 0 Å². The summed E-state index contributed by atoms with van der Waals surface area (Å²) in [5, 5.41) is 0. The average molecular weight is 331 g/mol. The van der Waals surface area contributed by atoms with E-state index < -0.39 is 26.7 Å². The van der Waals surface area contributed by atoms with Gasteiger partial charge in [-0.15, -0.1) is 0 Å². The van der Waals surface area contributed by atoms with E-state index in [0.29, 0.717) is 0 Å². The lowest BCUT2D eigenvalue weighted by molar-refractivity contribution is -0.0441. The fourth-order valence-electron chi connectivity index (χ4n) is 2.41. The third-order valence-electron chi connectivity index (χ3n) is 3.36. The minimum atomic E-state index is -4.05. The minimum Gasteiger partial charge on any atom is -0.465 e. The van der Waals surface area contributed by atoms with E-state index in [2.05, 4.69) is 4.74 Å². The van der Waals surface area contributed by atoms with Gasteiger partial charge in [-0.3, -0.25) is 0 Å². The highest BCUT2D eigenvalue weighted by atomic mass is 32.2. The van der Waals surface area contributed by atoms with Crippen LogP contribution < -0.4 is 0 Å². The Morgan fingerprint density at radius 2 is 1.91 bits per heavy atom. The first-order valence-electron chi connectivity index (χ1n) is 6.79. The maximum atomic E-state index is 14.0. The molecule has 0 bridgehead atoms. The van der Waals surface area contributed by atoms with Crippen molar-refractivity contribution in [3.63, 3.8) is 0 Å². The molecule has 1 aromatic carbocycles. The average Bonchev–Trinajstić information content (AvgIpc) is 2.45. The highest BCUT2D eigenvalue weighted by Gasteiger charge is 2.34. The molecule has 1 fully saturated rings. The second kappa shape index (κ2) is 6.31. The second-order valence-corrected chi connectivity index (χ2v) is 7.12. The molecule has 6 nitrogen and oxygen atoms in total. The van der Waals surface area contributed by atoms with E-state index in [0.717, 1.165) is 12.1 Å². The number of halogens is 1. The normalized spacial score (nSPS) is 23.3. The lowest BCUT2D eigenvalue weighted by atomic mass is 10.2. The molecule has 2 atom stereocenters. The summed E-state index contributed by atoms with van der Waals surface area (Å²) in [4.78, 5) is 11.0. The number of carbonyl (C=O) groups excluding carboxylic acids is 1. The molecule has 0 aliphatic carbocycles. The smallest absolute Gasteiger partial charge is 0.337 e. The number of nitrogens with zero attached hydrogens (tertiary/aromatic N) is 1. The first-order chi connectivity index (χ1) is 10.3. The standard InChI is InChI=1S/C14H18FNO5S/c1-9-7-16(8-10(2)21-9)22(18,19)13-6-11(14(17)20-3)4-5-12(13)15/h4-6,9-10H,7-8H2,1-3H3/t9-,10-/m0/s1. The van der Waals surface area contributed by atoms with Gasteiger partial charge in [0, 0.05) is 13.1 Å². The van der Waals surface area contributed by atoms with Gasteiger partial charge in [-0.05, 0) is 32.0 Å². The summed E-state index contributed by atoms with van der Waals surface area (Å²) in [7, 11) is -2.88. The van der Waals surface area contributed by atoms with E-state index in [1.807, 2.05) is 0 Å². The van der Waals surface area contributed by atoms with Crippen LogP contribution in [0.4, 0.5) is 4.39 Å². The summed E-state index contributed by atoms with van der Waals surface area (Å²) < 4.78 is 50.5. The molecular weight excluding hydrogens is 313 g/mol.